The molecule has 0 saturated heterocycles. The molecule has 2 rings (SSSR count). The largest absolute Gasteiger partial charge is 0.309 e. The predicted octanol–water partition coefficient (Wildman–Crippen LogP) is 1.76. The van der Waals surface area contributed by atoms with E-state index in [9.17, 15) is 0 Å². The van der Waals surface area contributed by atoms with Crippen molar-refractivity contribution in [2.24, 2.45) is 0 Å². The molecule has 1 aromatic heterocycles. The van der Waals surface area contributed by atoms with Crippen molar-refractivity contribution in [3.8, 4) is 6.07 Å². The smallest absolute Gasteiger partial charge is 0.140 e. The van der Waals surface area contributed by atoms with Crippen LogP contribution in [-0.4, -0.2) is 11.0 Å². The molecule has 0 aliphatic heterocycles. The van der Waals surface area contributed by atoms with Crippen molar-refractivity contribution < 1.29 is 0 Å². The Morgan fingerprint density at radius 2 is 2.27 bits per heavy atom. The van der Waals surface area contributed by atoms with E-state index in [4.69, 9.17) is 5.26 Å². The normalized spacial score (nSPS) is 15.4. The zero-order valence-corrected chi connectivity index (χ0v) is 8.48. The summed E-state index contributed by atoms with van der Waals surface area (Å²) < 4.78 is 0. The summed E-state index contributed by atoms with van der Waals surface area (Å²) in [5.41, 5.74) is 1.60. The molecule has 76 valence electrons. The summed E-state index contributed by atoms with van der Waals surface area (Å²) in [4.78, 5) is 3.94. The van der Waals surface area contributed by atoms with E-state index in [2.05, 4.69) is 22.5 Å². The first-order chi connectivity index (χ1) is 7.38. The molecular weight excluding hydrogens is 186 g/mol. The van der Waals surface area contributed by atoms with E-state index in [1.807, 2.05) is 18.2 Å². The molecule has 3 nitrogen and oxygen atoms in total. The highest BCUT2D eigenvalue weighted by atomic mass is 14.9. The molecule has 0 radical (unpaired) electrons. The molecule has 1 aromatic rings. The molecular formula is C12H13N3. The minimum Gasteiger partial charge on any atom is -0.309 e. The maximum absolute atomic E-state index is 8.70. The molecule has 3 heteroatoms. The van der Waals surface area contributed by atoms with E-state index < -0.39 is 0 Å². The minimum atomic E-state index is 0.485. The summed E-state index contributed by atoms with van der Waals surface area (Å²) in [5, 5.41) is 12.1. The number of aromatic nitrogens is 1. The van der Waals surface area contributed by atoms with Crippen LogP contribution in [0.25, 0.3) is 0 Å². The first-order valence-corrected chi connectivity index (χ1v) is 5.12. The van der Waals surface area contributed by atoms with Gasteiger partial charge in [-0.2, -0.15) is 5.26 Å². The van der Waals surface area contributed by atoms with Gasteiger partial charge >= 0.3 is 0 Å². The highest BCUT2D eigenvalue weighted by Crippen LogP contribution is 2.10. The molecule has 0 bridgehead atoms. The van der Waals surface area contributed by atoms with E-state index in [1.54, 1.807) is 6.20 Å². The second kappa shape index (κ2) is 4.72. The lowest BCUT2D eigenvalue weighted by Gasteiger charge is -2.11. The quantitative estimate of drug-likeness (QED) is 0.754. The first-order valence-electron chi connectivity index (χ1n) is 5.12. The topological polar surface area (TPSA) is 48.7 Å². The van der Waals surface area contributed by atoms with Crippen LogP contribution in [-0.2, 0) is 6.54 Å². The molecule has 0 amide bonds. The van der Waals surface area contributed by atoms with Gasteiger partial charge in [0.15, 0.2) is 0 Å². The fourth-order valence-corrected chi connectivity index (χ4v) is 1.69. The molecule has 0 fully saturated rings. The summed E-state index contributed by atoms with van der Waals surface area (Å²) in [6.45, 7) is 0.809. The van der Waals surface area contributed by atoms with E-state index >= 15 is 0 Å². The van der Waals surface area contributed by atoms with Crippen LogP contribution in [0.15, 0.2) is 30.5 Å². The van der Waals surface area contributed by atoms with E-state index in [-0.39, 0.29) is 0 Å². The Balaban J connectivity index is 1.90. The molecule has 1 aliphatic rings. The van der Waals surface area contributed by atoms with Gasteiger partial charge in [0.25, 0.3) is 0 Å². The standard InChI is InChI=1S/C12H13N3/c13-8-12-7-10(5-6-14-12)9-15-11-3-1-2-4-11/h1-2,5-7,11,15H,3-4,9H2. The van der Waals surface area contributed by atoms with Crippen LogP contribution in [0.5, 0.6) is 0 Å². The van der Waals surface area contributed by atoms with Crippen LogP contribution in [0.3, 0.4) is 0 Å². The highest BCUT2D eigenvalue weighted by Gasteiger charge is 2.08. The summed E-state index contributed by atoms with van der Waals surface area (Å²) >= 11 is 0. The SMILES string of the molecule is N#Cc1cc(CNC2CC=CC2)ccn1. The van der Waals surface area contributed by atoms with Gasteiger partial charge in [-0.3, -0.25) is 0 Å². The van der Waals surface area contributed by atoms with Crippen molar-refractivity contribution in [3.05, 3.63) is 41.7 Å². The van der Waals surface area contributed by atoms with Crippen molar-refractivity contribution in [3.63, 3.8) is 0 Å². The predicted molar refractivity (Wildman–Crippen MR) is 58.0 cm³/mol. The van der Waals surface area contributed by atoms with Crippen molar-refractivity contribution >= 4 is 0 Å². The Labute approximate surface area is 89.5 Å². The number of hydrogen-bond donors (Lipinski definition) is 1. The molecule has 0 spiro atoms. The highest BCUT2D eigenvalue weighted by molar-refractivity contribution is 5.25. The van der Waals surface area contributed by atoms with E-state index in [0.29, 0.717) is 11.7 Å². The summed E-state index contributed by atoms with van der Waals surface area (Å²) in [6.07, 6.45) is 8.30. The van der Waals surface area contributed by atoms with Crippen molar-refractivity contribution in [1.82, 2.24) is 10.3 Å². The minimum absolute atomic E-state index is 0.485. The number of nitrogens with zero attached hydrogens (tertiary/aromatic N) is 2. The van der Waals surface area contributed by atoms with Gasteiger partial charge < -0.3 is 5.32 Å². The number of nitriles is 1. The van der Waals surface area contributed by atoms with Crippen molar-refractivity contribution in [2.75, 3.05) is 0 Å². The Bertz CT molecular complexity index is 396. The molecule has 0 unspecified atom stereocenters. The van der Waals surface area contributed by atoms with Gasteiger partial charge in [0.2, 0.25) is 0 Å². The fourth-order valence-electron chi connectivity index (χ4n) is 1.69. The number of pyridine rings is 1. The van der Waals surface area contributed by atoms with Gasteiger partial charge in [-0.15, -0.1) is 0 Å². The van der Waals surface area contributed by atoms with Gasteiger partial charge in [0.1, 0.15) is 11.8 Å². The van der Waals surface area contributed by atoms with E-state index in [1.165, 1.54) is 0 Å². The fraction of sp³-hybridized carbons (Fsp3) is 0.333. The lowest BCUT2D eigenvalue weighted by atomic mass is 10.2. The number of hydrogen-bond acceptors (Lipinski definition) is 3. The average Bonchev–Trinajstić information content (AvgIpc) is 2.79. The van der Waals surface area contributed by atoms with Gasteiger partial charge in [0, 0.05) is 18.8 Å². The summed E-state index contributed by atoms with van der Waals surface area (Å²) in [5.74, 6) is 0. The first kappa shape index (κ1) is 9.88. The molecule has 0 aromatic carbocycles. The molecule has 0 saturated carbocycles. The maximum atomic E-state index is 8.70. The second-order valence-electron chi connectivity index (χ2n) is 3.68. The third-order valence-electron chi connectivity index (χ3n) is 2.54. The van der Waals surface area contributed by atoms with Crippen LogP contribution in [0.2, 0.25) is 0 Å². The third-order valence-corrected chi connectivity index (χ3v) is 2.54. The van der Waals surface area contributed by atoms with Crippen molar-refractivity contribution in [2.45, 2.75) is 25.4 Å². The number of nitrogens with one attached hydrogen (secondary N) is 1. The van der Waals surface area contributed by atoms with E-state index in [0.717, 1.165) is 24.9 Å². The molecule has 1 heterocycles. The summed E-state index contributed by atoms with van der Waals surface area (Å²) in [7, 11) is 0. The van der Waals surface area contributed by atoms with Gasteiger partial charge in [0.05, 0.1) is 0 Å². The zero-order chi connectivity index (χ0) is 10.5. The number of rotatable bonds is 3. The monoisotopic (exact) mass is 199 g/mol. The van der Waals surface area contributed by atoms with Crippen LogP contribution in [0, 0.1) is 11.3 Å². The van der Waals surface area contributed by atoms with Crippen LogP contribution >= 0.6 is 0 Å². The Kier molecular flexibility index (Phi) is 3.11. The van der Waals surface area contributed by atoms with Crippen molar-refractivity contribution in [1.29, 1.82) is 5.26 Å². The zero-order valence-electron chi connectivity index (χ0n) is 8.48. The molecule has 1 N–H and O–H groups in total. The Morgan fingerprint density at radius 3 is 3.00 bits per heavy atom. The summed E-state index contributed by atoms with van der Waals surface area (Å²) in [6, 6.07) is 6.37. The average molecular weight is 199 g/mol. The molecule has 0 atom stereocenters. The van der Waals surface area contributed by atoms with Crippen LogP contribution in [0.4, 0.5) is 0 Å². The Morgan fingerprint density at radius 1 is 1.47 bits per heavy atom. The third kappa shape index (κ3) is 2.64. The Hall–Kier alpha value is -1.66. The maximum Gasteiger partial charge on any atom is 0.140 e. The van der Waals surface area contributed by atoms with Gasteiger partial charge in [-0.05, 0) is 30.5 Å². The van der Waals surface area contributed by atoms with Gasteiger partial charge in [-0.1, -0.05) is 12.2 Å². The second-order valence-corrected chi connectivity index (χ2v) is 3.68. The van der Waals surface area contributed by atoms with Crippen LogP contribution < -0.4 is 5.32 Å². The molecule has 1 aliphatic carbocycles. The van der Waals surface area contributed by atoms with Gasteiger partial charge in [-0.25, -0.2) is 4.98 Å². The van der Waals surface area contributed by atoms with Crippen LogP contribution in [0.1, 0.15) is 24.1 Å². The lowest BCUT2D eigenvalue weighted by molar-refractivity contribution is 0.538. The lowest BCUT2D eigenvalue weighted by Crippen LogP contribution is -2.25. The molecule has 15 heavy (non-hydrogen) atoms.